The van der Waals surface area contributed by atoms with Crippen molar-refractivity contribution in [3.8, 4) is 0 Å². The van der Waals surface area contributed by atoms with Crippen LogP contribution in [-0.4, -0.2) is 41.5 Å². The second-order valence-electron chi connectivity index (χ2n) is 6.66. The zero-order valence-electron chi connectivity index (χ0n) is 16.8. The van der Waals surface area contributed by atoms with E-state index < -0.39 is 0 Å². The third-order valence-electron chi connectivity index (χ3n) is 4.92. The summed E-state index contributed by atoms with van der Waals surface area (Å²) < 4.78 is 4.66. The molecule has 7 heteroatoms. The van der Waals surface area contributed by atoms with Crippen LogP contribution in [0.1, 0.15) is 38.3 Å². The van der Waals surface area contributed by atoms with E-state index in [0.717, 1.165) is 53.7 Å². The van der Waals surface area contributed by atoms with Crippen LogP contribution >= 0.6 is 11.5 Å². The third-order valence-corrected chi connectivity index (χ3v) is 5.64. The number of hydrogen-bond donors (Lipinski definition) is 2. The molecule has 0 spiro atoms. The predicted molar refractivity (Wildman–Crippen MR) is 120 cm³/mol. The zero-order chi connectivity index (χ0) is 19.9. The molecule has 0 bridgehead atoms. The summed E-state index contributed by atoms with van der Waals surface area (Å²) in [6, 6.07) is 2.15. The van der Waals surface area contributed by atoms with Crippen molar-refractivity contribution < 1.29 is 0 Å². The highest BCUT2D eigenvalue weighted by molar-refractivity contribution is 7.10. The van der Waals surface area contributed by atoms with Gasteiger partial charge in [-0.25, -0.2) is 4.99 Å². The Morgan fingerprint density at radius 2 is 2.14 bits per heavy atom. The number of nitrogens with one attached hydrogen (secondary N) is 2. The fraction of sp³-hybridized carbons (Fsp3) is 0.381. The molecule has 1 saturated heterocycles. The number of amidine groups is 1. The molecule has 3 heterocycles. The van der Waals surface area contributed by atoms with Crippen LogP contribution in [0.15, 0.2) is 64.1 Å². The summed E-state index contributed by atoms with van der Waals surface area (Å²) in [6.07, 6.45) is 11.9. The van der Waals surface area contributed by atoms with Crippen LogP contribution in [0.4, 0.5) is 5.00 Å². The van der Waals surface area contributed by atoms with Gasteiger partial charge in [-0.3, -0.25) is 4.99 Å². The first kappa shape index (κ1) is 20.2. The highest BCUT2D eigenvalue weighted by Crippen LogP contribution is 2.30. The Hall–Kier alpha value is -2.51. The Morgan fingerprint density at radius 1 is 1.36 bits per heavy atom. The van der Waals surface area contributed by atoms with Gasteiger partial charge >= 0.3 is 0 Å². The minimum Gasteiger partial charge on any atom is -0.329 e. The molecule has 6 nitrogen and oxygen atoms in total. The Kier molecular flexibility index (Phi) is 6.95. The molecule has 1 aromatic rings. The summed E-state index contributed by atoms with van der Waals surface area (Å²) in [6.45, 7) is 10.4. The summed E-state index contributed by atoms with van der Waals surface area (Å²) in [7, 11) is 1.77. The van der Waals surface area contributed by atoms with Gasteiger partial charge in [-0.1, -0.05) is 18.7 Å². The summed E-state index contributed by atoms with van der Waals surface area (Å²) in [5.41, 5.74) is 4.01. The summed E-state index contributed by atoms with van der Waals surface area (Å²) in [5, 5.41) is 7.80. The lowest BCUT2D eigenvalue weighted by Gasteiger charge is -2.29. The molecular weight excluding hydrogens is 368 g/mol. The number of rotatable bonds is 5. The molecule has 1 aromatic heterocycles. The van der Waals surface area contributed by atoms with E-state index in [1.807, 2.05) is 37.2 Å². The molecule has 0 saturated carbocycles. The summed E-state index contributed by atoms with van der Waals surface area (Å²) in [4.78, 5) is 10.7. The van der Waals surface area contributed by atoms with Gasteiger partial charge in [-0.05, 0) is 57.4 Å². The van der Waals surface area contributed by atoms with Crippen molar-refractivity contribution in [2.24, 2.45) is 9.98 Å². The molecule has 0 amide bonds. The van der Waals surface area contributed by atoms with Crippen LogP contribution in [0.5, 0.6) is 0 Å². The number of piperidine rings is 1. The standard InChI is InChI=1S/C21H28N6S/c1-5-16(14-22-4)19(6-2)27-12-11-24-21(15(27)3)25-20-13-18(26-28-20)17-7-9-23-10-8-17/h5-6,11-14,17,23H,3,7-10H2,1-2,4H3,(H,24,25)/b16-5+,19-6-,22-14?. The Balaban J connectivity index is 1.74. The molecule has 1 fully saturated rings. The maximum atomic E-state index is 4.66. The topological polar surface area (TPSA) is 64.9 Å². The van der Waals surface area contributed by atoms with E-state index in [1.54, 1.807) is 13.2 Å². The van der Waals surface area contributed by atoms with Crippen LogP contribution in [0.3, 0.4) is 0 Å². The van der Waals surface area contributed by atoms with Crippen LogP contribution in [0.2, 0.25) is 0 Å². The highest BCUT2D eigenvalue weighted by Gasteiger charge is 2.22. The molecule has 28 heavy (non-hydrogen) atoms. The van der Waals surface area contributed by atoms with Crippen molar-refractivity contribution in [3.05, 3.63) is 59.9 Å². The average Bonchev–Trinajstić information content (AvgIpc) is 3.19. The van der Waals surface area contributed by atoms with E-state index in [-0.39, 0.29) is 0 Å². The van der Waals surface area contributed by atoms with Gasteiger partial charge in [-0.15, -0.1) is 0 Å². The second kappa shape index (κ2) is 9.61. The van der Waals surface area contributed by atoms with Gasteiger partial charge in [0.15, 0.2) is 5.84 Å². The van der Waals surface area contributed by atoms with E-state index in [2.05, 4.69) is 43.7 Å². The van der Waals surface area contributed by atoms with Crippen LogP contribution < -0.4 is 10.6 Å². The van der Waals surface area contributed by atoms with Gasteiger partial charge in [0.2, 0.25) is 0 Å². The molecule has 0 radical (unpaired) electrons. The van der Waals surface area contributed by atoms with Gasteiger partial charge in [0, 0.05) is 42.9 Å². The normalized spacial score (nSPS) is 19.5. The maximum Gasteiger partial charge on any atom is 0.154 e. The summed E-state index contributed by atoms with van der Waals surface area (Å²) in [5.74, 6) is 1.27. The number of aromatic nitrogens is 1. The predicted octanol–water partition coefficient (Wildman–Crippen LogP) is 4.27. The number of aliphatic imine (C=N–C) groups is 2. The number of anilines is 1. The first-order chi connectivity index (χ1) is 13.7. The first-order valence-electron chi connectivity index (χ1n) is 9.60. The molecule has 2 aliphatic rings. The molecule has 0 atom stereocenters. The third kappa shape index (κ3) is 4.48. The Bertz CT molecular complexity index is 852. The van der Waals surface area contributed by atoms with Crippen LogP contribution in [-0.2, 0) is 0 Å². The highest BCUT2D eigenvalue weighted by atomic mass is 32.1. The number of nitrogens with zero attached hydrogens (tertiary/aromatic N) is 4. The molecule has 148 valence electrons. The average molecular weight is 397 g/mol. The molecule has 2 aliphatic heterocycles. The first-order valence-corrected chi connectivity index (χ1v) is 10.4. The Morgan fingerprint density at radius 3 is 2.82 bits per heavy atom. The Labute approximate surface area is 171 Å². The van der Waals surface area contributed by atoms with E-state index in [1.165, 1.54) is 17.2 Å². The molecule has 2 N–H and O–H groups in total. The SMILES string of the molecule is C=C1C(Nc2cc(C3CCNCC3)ns2)=NC=CN1C(=C\C)/C(C=NC)=C/C. The zero-order valence-corrected chi connectivity index (χ0v) is 17.6. The lowest BCUT2D eigenvalue weighted by atomic mass is 9.95. The second-order valence-corrected chi connectivity index (χ2v) is 7.47. The van der Waals surface area contributed by atoms with E-state index in [9.17, 15) is 0 Å². The van der Waals surface area contributed by atoms with E-state index in [4.69, 9.17) is 0 Å². The number of hydrogen-bond acceptors (Lipinski definition) is 7. The van der Waals surface area contributed by atoms with Crippen LogP contribution in [0.25, 0.3) is 0 Å². The smallest absolute Gasteiger partial charge is 0.154 e. The lowest BCUT2D eigenvalue weighted by molar-refractivity contribution is 0.455. The summed E-state index contributed by atoms with van der Waals surface area (Å²) >= 11 is 1.48. The van der Waals surface area contributed by atoms with Crippen molar-refractivity contribution in [1.29, 1.82) is 0 Å². The molecular formula is C21H28N6S. The largest absolute Gasteiger partial charge is 0.329 e. The molecule has 3 rings (SSSR count). The quantitative estimate of drug-likeness (QED) is 0.576. The lowest BCUT2D eigenvalue weighted by Crippen LogP contribution is -2.29. The van der Waals surface area contributed by atoms with Gasteiger partial charge < -0.3 is 15.5 Å². The maximum absolute atomic E-state index is 4.66. The van der Waals surface area contributed by atoms with Crippen molar-refractivity contribution in [3.63, 3.8) is 0 Å². The van der Waals surface area contributed by atoms with Gasteiger partial charge in [0.05, 0.1) is 11.4 Å². The van der Waals surface area contributed by atoms with Crippen molar-refractivity contribution in [2.75, 3.05) is 25.5 Å². The van der Waals surface area contributed by atoms with Gasteiger partial charge in [0.1, 0.15) is 5.00 Å². The van der Waals surface area contributed by atoms with Crippen LogP contribution in [0, 0.1) is 0 Å². The van der Waals surface area contributed by atoms with Gasteiger partial charge in [-0.2, -0.15) is 4.37 Å². The fourth-order valence-corrected chi connectivity index (χ4v) is 4.15. The molecule has 0 aromatic carbocycles. The number of allylic oxidation sites excluding steroid dienone is 3. The fourth-order valence-electron chi connectivity index (χ4n) is 3.43. The van der Waals surface area contributed by atoms with E-state index in [0.29, 0.717) is 5.92 Å². The molecule has 0 unspecified atom stereocenters. The molecule has 0 aliphatic carbocycles. The van der Waals surface area contributed by atoms with Crippen molar-refractivity contribution >= 4 is 28.6 Å². The minimum atomic E-state index is 0.543. The van der Waals surface area contributed by atoms with Crippen molar-refractivity contribution in [2.45, 2.75) is 32.6 Å². The minimum absolute atomic E-state index is 0.543. The van der Waals surface area contributed by atoms with Gasteiger partial charge in [0.25, 0.3) is 0 Å². The van der Waals surface area contributed by atoms with E-state index >= 15 is 0 Å². The van der Waals surface area contributed by atoms with Crippen molar-refractivity contribution in [1.82, 2.24) is 14.6 Å². The monoisotopic (exact) mass is 396 g/mol.